The van der Waals surface area contributed by atoms with Crippen molar-refractivity contribution < 1.29 is 9.21 Å². The van der Waals surface area contributed by atoms with Gasteiger partial charge in [-0.1, -0.05) is 45.9 Å². The molecular weight excluding hydrogens is 466 g/mol. The Kier molecular flexibility index (Phi) is 6.59. The molecule has 2 N–H and O–H groups in total. The van der Waals surface area contributed by atoms with Gasteiger partial charge in [0.15, 0.2) is 5.82 Å². The first-order chi connectivity index (χ1) is 14.6. The summed E-state index contributed by atoms with van der Waals surface area (Å²) in [6, 6.07) is 11.4. The van der Waals surface area contributed by atoms with Crippen LogP contribution in [0.3, 0.4) is 0 Å². The van der Waals surface area contributed by atoms with E-state index < -0.39 is 0 Å². The lowest BCUT2D eigenvalue weighted by Gasteiger charge is -2.27. The zero-order valence-corrected chi connectivity index (χ0v) is 18.7. The zero-order chi connectivity index (χ0) is 20.9. The summed E-state index contributed by atoms with van der Waals surface area (Å²) in [6.45, 7) is 0.426. The molecule has 0 fully saturated rings. The van der Waals surface area contributed by atoms with E-state index in [2.05, 4.69) is 32.2 Å². The molecule has 1 aromatic carbocycles. The van der Waals surface area contributed by atoms with Crippen LogP contribution in [0.2, 0.25) is 0 Å². The molecular formula is C21H22BrN5O2S. The van der Waals surface area contributed by atoms with Gasteiger partial charge in [0.1, 0.15) is 5.76 Å². The van der Waals surface area contributed by atoms with Crippen LogP contribution in [0.4, 0.5) is 0 Å². The van der Waals surface area contributed by atoms with Gasteiger partial charge in [-0.15, -0.1) is 10.2 Å². The highest BCUT2D eigenvalue weighted by atomic mass is 79.9. The summed E-state index contributed by atoms with van der Waals surface area (Å²) >= 11 is 4.79. The van der Waals surface area contributed by atoms with E-state index in [1.165, 1.54) is 16.4 Å². The van der Waals surface area contributed by atoms with Gasteiger partial charge in [-0.3, -0.25) is 4.79 Å². The van der Waals surface area contributed by atoms with Crippen LogP contribution in [0.25, 0.3) is 11.4 Å². The topological polar surface area (TPSA) is 90.2 Å². The molecule has 0 aliphatic heterocycles. The number of amides is 1. The highest BCUT2D eigenvalue weighted by Gasteiger charge is 2.22. The average molecular weight is 488 g/mol. The lowest BCUT2D eigenvalue weighted by Crippen LogP contribution is -2.32. The summed E-state index contributed by atoms with van der Waals surface area (Å²) in [6.07, 6.45) is 7.93. The maximum Gasteiger partial charge on any atom is 0.237 e. The summed E-state index contributed by atoms with van der Waals surface area (Å²) in [5.74, 6) is 7.73. The lowest BCUT2D eigenvalue weighted by atomic mass is 10.0. The molecule has 0 radical (unpaired) electrons. The minimum atomic E-state index is -0.00464. The second kappa shape index (κ2) is 9.53. The largest absolute Gasteiger partial charge is 0.467 e. The van der Waals surface area contributed by atoms with Gasteiger partial charge in [0.05, 0.1) is 18.6 Å². The molecule has 1 amide bonds. The number of nitrogen functional groups attached to an aromatic ring is 1. The van der Waals surface area contributed by atoms with E-state index >= 15 is 0 Å². The summed E-state index contributed by atoms with van der Waals surface area (Å²) in [5.41, 5.74) is 1.91. The molecule has 7 nitrogen and oxygen atoms in total. The summed E-state index contributed by atoms with van der Waals surface area (Å²) in [5, 5.41) is 8.88. The Labute approximate surface area is 187 Å². The smallest absolute Gasteiger partial charge is 0.237 e. The molecule has 0 saturated carbocycles. The standard InChI is InChI=1S/C21H22BrN5O2S/c22-18-11-5-4-10-17(18)20-24-25-21(27(20)23)30-14-19(28)26(13-16-9-6-12-29-16)15-7-2-1-3-8-15/h4-7,9-12H,1-3,8,13-14,23H2. The van der Waals surface area contributed by atoms with Crippen molar-refractivity contribution in [2.24, 2.45) is 0 Å². The van der Waals surface area contributed by atoms with E-state index in [-0.39, 0.29) is 11.7 Å². The molecule has 2 aromatic heterocycles. The quantitative estimate of drug-likeness (QED) is 0.387. The molecule has 2 heterocycles. The molecule has 0 spiro atoms. The van der Waals surface area contributed by atoms with E-state index in [0.717, 1.165) is 47.2 Å². The second-order valence-corrected chi connectivity index (χ2v) is 8.74. The van der Waals surface area contributed by atoms with Crippen LogP contribution in [0.1, 0.15) is 31.4 Å². The molecule has 9 heteroatoms. The van der Waals surface area contributed by atoms with Crippen LogP contribution in [0, 0.1) is 0 Å². The summed E-state index contributed by atoms with van der Waals surface area (Å²) in [4.78, 5) is 14.9. The maximum atomic E-state index is 13.1. The SMILES string of the molecule is Nn1c(SCC(=O)N(Cc2ccco2)C2=CCCCC2)nnc1-c1ccccc1Br. The number of hydrogen-bond donors (Lipinski definition) is 1. The van der Waals surface area contributed by atoms with E-state index in [9.17, 15) is 4.79 Å². The third-order valence-electron chi connectivity index (χ3n) is 4.91. The van der Waals surface area contributed by atoms with Crippen molar-refractivity contribution in [3.63, 3.8) is 0 Å². The summed E-state index contributed by atoms with van der Waals surface area (Å²) in [7, 11) is 0. The van der Waals surface area contributed by atoms with Crippen LogP contribution in [-0.4, -0.2) is 31.4 Å². The lowest BCUT2D eigenvalue weighted by molar-refractivity contribution is -0.127. The van der Waals surface area contributed by atoms with E-state index in [4.69, 9.17) is 10.3 Å². The minimum Gasteiger partial charge on any atom is -0.467 e. The predicted octanol–water partition coefficient (Wildman–Crippen LogP) is 4.59. The Morgan fingerprint density at radius 1 is 1.23 bits per heavy atom. The first-order valence-electron chi connectivity index (χ1n) is 9.73. The molecule has 4 rings (SSSR count). The zero-order valence-electron chi connectivity index (χ0n) is 16.3. The Morgan fingerprint density at radius 2 is 2.10 bits per heavy atom. The first-order valence-corrected chi connectivity index (χ1v) is 11.5. The summed E-state index contributed by atoms with van der Waals surface area (Å²) < 4.78 is 7.78. The molecule has 156 valence electrons. The molecule has 3 aromatic rings. The number of aromatic nitrogens is 3. The fourth-order valence-electron chi connectivity index (χ4n) is 3.38. The fourth-order valence-corrected chi connectivity index (χ4v) is 4.58. The number of thioether (sulfide) groups is 1. The number of carbonyl (C=O) groups is 1. The number of allylic oxidation sites excluding steroid dienone is 2. The Hall–Kier alpha value is -2.52. The van der Waals surface area contributed by atoms with E-state index in [1.54, 1.807) is 6.26 Å². The number of hydrogen-bond acceptors (Lipinski definition) is 6. The van der Waals surface area contributed by atoms with Crippen LogP contribution >= 0.6 is 27.7 Å². The highest BCUT2D eigenvalue weighted by Crippen LogP contribution is 2.29. The van der Waals surface area contributed by atoms with Crippen molar-refractivity contribution in [1.82, 2.24) is 19.8 Å². The van der Waals surface area contributed by atoms with Gasteiger partial charge in [-0.05, 0) is 49.9 Å². The second-order valence-electron chi connectivity index (χ2n) is 6.95. The molecule has 0 unspecified atom stereocenters. The third-order valence-corrected chi connectivity index (χ3v) is 6.53. The highest BCUT2D eigenvalue weighted by molar-refractivity contribution is 9.10. The molecule has 0 saturated heterocycles. The number of rotatable bonds is 7. The number of carbonyl (C=O) groups excluding carboxylic acids is 1. The van der Waals surface area contributed by atoms with Gasteiger partial charge in [0, 0.05) is 15.7 Å². The van der Waals surface area contributed by atoms with Crippen LogP contribution in [-0.2, 0) is 11.3 Å². The Morgan fingerprint density at radius 3 is 2.83 bits per heavy atom. The van der Waals surface area contributed by atoms with Crippen molar-refractivity contribution in [2.75, 3.05) is 11.6 Å². The fraction of sp³-hybridized carbons (Fsp3) is 0.286. The third kappa shape index (κ3) is 4.62. The molecule has 1 aliphatic carbocycles. The van der Waals surface area contributed by atoms with Gasteiger partial charge in [-0.25, -0.2) is 4.68 Å². The number of furan rings is 1. The average Bonchev–Trinajstić information content (AvgIpc) is 3.41. The number of nitrogens with two attached hydrogens (primary N) is 1. The Balaban J connectivity index is 1.48. The molecule has 0 bridgehead atoms. The number of halogens is 1. The predicted molar refractivity (Wildman–Crippen MR) is 120 cm³/mol. The maximum absolute atomic E-state index is 13.1. The number of nitrogens with zero attached hydrogens (tertiary/aromatic N) is 4. The number of benzene rings is 1. The van der Waals surface area contributed by atoms with Crippen LogP contribution in [0.5, 0.6) is 0 Å². The van der Waals surface area contributed by atoms with Gasteiger partial charge in [0.2, 0.25) is 11.1 Å². The van der Waals surface area contributed by atoms with Crippen LogP contribution < -0.4 is 5.84 Å². The van der Waals surface area contributed by atoms with Gasteiger partial charge >= 0.3 is 0 Å². The first kappa shape index (κ1) is 20.7. The molecule has 0 atom stereocenters. The van der Waals surface area contributed by atoms with Crippen molar-refractivity contribution in [1.29, 1.82) is 0 Å². The molecule has 30 heavy (non-hydrogen) atoms. The van der Waals surface area contributed by atoms with Crippen molar-refractivity contribution >= 4 is 33.6 Å². The van der Waals surface area contributed by atoms with Gasteiger partial charge in [-0.2, -0.15) is 0 Å². The van der Waals surface area contributed by atoms with Crippen molar-refractivity contribution in [2.45, 2.75) is 37.4 Å². The van der Waals surface area contributed by atoms with Gasteiger partial charge in [0.25, 0.3) is 0 Å². The van der Waals surface area contributed by atoms with E-state index in [0.29, 0.717) is 17.5 Å². The van der Waals surface area contributed by atoms with Gasteiger partial charge < -0.3 is 15.2 Å². The Bertz CT molecular complexity index is 1050. The van der Waals surface area contributed by atoms with E-state index in [1.807, 2.05) is 41.3 Å². The molecule has 1 aliphatic rings. The monoisotopic (exact) mass is 487 g/mol. The minimum absolute atomic E-state index is 0.00464. The van der Waals surface area contributed by atoms with Crippen molar-refractivity contribution in [3.05, 3.63) is 64.7 Å². The van der Waals surface area contributed by atoms with Crippen molar-refractivity contribution in [3.8, 4) is 11.4 Å². The normalized spacial score (nSPS) is 13.8. The van der Waals surface area contributed by atoms with Crippen LogP contribution in [0.15, 0.2) is 68.5 Å².